The van der Waals surface area contributed by atoms with Gasteiger partial charge in [-0.1, -0.05) is 17.7 Å². The van der Waals surface area contributed by atoms with Gasteiger partial charge < -0.3 is 4.42 Å². The van der Waals surface area contributed by atoms with Crippen molar-refractivity contribution in [3.05, 3.63) is 54.6 Å². The maximum atomic E-state index is 5.61. The van der Waals surface area contributed by atoms with Crippen molar-refractivity contribution in [3.63, 3.8) is 0 Å². The molecule has 0 aliphatic rings. The van der Waals surface area contributed by atoms with Gasteiger partial charge in [-0.25, -0.2) is 0 Å². The van der Waals surface area contributed by atoms with Gasteiger partial charge in [-0.3, -0.25) is 4.98 Å². The van der Waals surface area contributed by atoms with Crippen molar-refractivity contribution in [3.8, 4) is 11.5 Å². The summed E-state index contributed by atoms with van der Waals surface area (Å²) >= 11 is 0. The maximum absolute atomic E-state index is 5.61. The summed E-state index contributed by atoms with van der Waals surface area (Å²) in [5.41, 5.74) is 2.57. The van der Waals surface area contributed by atoms with Crippen molar-refractivity contribution in [1.82, 2.24) is 4.98 Å². The monoisotopic (exact) mass is 347 g/mol. The Balaban J connectivity index is 0.000000722. The summed E-state index contributed by atoms with van der Waals surface area (Å²) in [6.07, 6.45) is 0. The van der Waals surface area contributed by atoms with E-state index in [0.717, 1.165) is 16.7 Å². The van der Waals surface area contributed by atoms with Gasteiger partial charge in [0.2, 0.25) is 0 Å². The van der Waals surface area contributed by atoms with E-state index < -0.39 is 0 Å². The van der Waals surface area contributed by atoms with Crippen LogP contribution in [0.3, 0.4) is 0 Å². The summed E-state index contributed by atoms with van der Waals surface area (Å²) in [5, 5.41) is 0. The van der Waals surface area contributed by atoms with Gasteiger partial charge in [0.05, 0.1) is 5.52 Å². The summed E-state index contributed by atoms with van der Waals surface area (Å²) in [6, 6.07) is 18.5. The molecule has 0 spiro atoms. The van der Waals surface area contributed by atoms with Crippen LogP contribution in [-0.4, -0.2) is 4.98 Å². The number of fused-ring (bicyclic) bond motifs is 1. The third-order valence-corrected chi connectivity index (χ3v) is 2.23. The minimum absolute atomic E-state index is 0. The number of oxazole rings is 1. The van der Waals surface area contributed by atoms with Crippen LogP contribution in [0.5, 0.6) is 0 Å². The standard InChI is InChI=1S/C13H8NO.Y.Zn/c1-2-6-10(7-3-1)13-14-11-8-4-5-9-12(11)15-13;;/h1-6,8-9H;;/q-1;;. The fourth-order valence-corrected chi connectivity index (χ4v) is 1.51. The van der Waals surface area contributed by atoms with Crippen LogP contribution in [0.25, 0.3) is 22.6 Å². The molecule has 0 saturated heterocycles. The predicted molar refractivity (Wildman–Crippen MR) is 58.3 cm³/mol. The van der Waals surface area contributed by atoms with Crippen molar-refractivity contribution in [1.29, 1.82) is 0 Å². The summed E-state index contributed by atoms with van der Waals surface area (Å²) < 4.78 is 5.61. The minimum Gasteiger partial charge on any atom is -0.481 e. The Kier molecular flexibility index (Phi) is 5.65. The van der Waals surface area contributed by atoms with E-state index in [2.05, 4.69) is 11.1 Å². The predicted octanol–water partition coefficient (Wildman–Crippen LogP) is 3.29. The van der Waals surface area contributed by atoms with Crippen molar-refractivity contribution < 1.29 is 56.6 Å². The molecular weight excluding hydrogens is 340 g/mol. The number of nitrogens with zero attached hydrogens (tertiary/aromatic N) is 1. The molecule has 3 rings (SSSR count). The zero-order valence-electron chi connectivity index (χ0n) is 9.26. The Labute approximate surface area is 137 Å². The van der Waals surface area contributed by atoms with Crippen LogP contribution >= 0.6 is 0 Å². The number of aromatic nitrogens is 1. The molecule has 1 radical (unpaired) electrons. The molecule has 0 N–H and O–H groups in total. The van der Waals surface area contributed by atoms with Gasteiger partial charge in [0.15, 0.2) is 0 Å². The SMILES string of the molecule is [Y].[Zn].[c-]1ccccc1-c1nc2ccccc2o1. The molecule has 3 aromatic rings. The van der Waals surface area contributed by atoms with E-state index in [9.17, 15) is 0 Å². The first-order valence-electron chi connectivity index (χ1n) is 4.76. The molecule has 0 unspecified atom stereocenters. The Bertz CT molecular complexity index is 561. The van der Waals surface area contributed by atoms with Crippen molar-refractivity contribution in [2.75, 3.05) is 0 Å². The first kappa shape index (κ1) is 14.7. The van der Waals surface area contributed by atoms with E-state index in [1.807, 2.05) is 48.5 Å². The fraction of sp³-hybridized carbons (Fsp3) is 0. The van der Waals surface area contributed by atoms with Gasteiger partial charge in [-0.15, -0.1) is 30.3 Å². The van der Waals surface area contributed by atoms with E-state index in [1.54, 1.807) is 0 Å². The van der Waals surface area contributed by atoms with Crippen LogP contribution < -0.4 is 0 Å². The average molecular weight is 349 g/mol. The topological polar surface area (TPSA) is 26.0 Å². The molecule has 0 aliphatic carbocycles. The quantitative estimate of drug-likeness (QED) is 0.498. The van der Waals surface area contributed by atoms with Gasteiger partial charge in [-0.05, 0) is 12.1 Å². The van der Waals surface area contributed by atoms with Gasteiger partial charge in [0.1, 0.15) is 11.5 Å². The zero-order valence-corrected chi connectivity index (χ0v) is 15.1. The number of hydrogen-bond acceptors (Lipinski definition) is 2. The third kappa shape index (κ3) is 3.10. The van der Waals surface area contributed by atoms with Gasteiger partial charge in [0, 0.05) is 52.2 Å². The van der Waals surface area contributed by atoms with E-state index in [-0.39, 0.29) is 52.2 Å². The Morgan fingerprint density at radius 1 is 1.00 bits per heavy atom. The maximum Gasteiger partial charge on any atom is 0.141 e. The van der Waals surface area contributed by atoms with Crippen LogP contribution in [0.2, 0.25) is 0 Å². The molecule has 17 heavy (non-hydrogen) atoms. The van der Waals surface area contributed by atoms with E-state index in [1.165, 1.54) is 0 Å². The van der Waals surface area contributed by atoms with Crippen LogP contribution in [-0.2, 0) is 52.2 Å². The molecule has 0 aliphatic heterocycles. The molecule has 1 aromatic heterocycles. The molecule has 0 atom stereocenters. The first-order chi connectivity index (χ1) is 7.43. The largest absolute Gasteiger partial charge is 0.481 e. The van der Waals surface area contributed by atoms with Crippen molar-refractivity contribution >= 4 is 11.1 Å². The Hall–Kier alpha value is -0.363. The molecule has 2 nitrogen and oxygen atoms in total. The summed E-state index contributed by atoms with van der Waals surface area (Å²) in [6.45, 7) is 0. The second-order valence-corrected chi connectivity index (χ2v) is 3.26. The molecule has 4 heteroatoms. The molecule has 0 bridgehead atoms. The average Bonchev–Trinajstić information content (AvgIpc) is 2.74. The minimum atomic E-state index is 0. The normalized spacial score (nSPS) is 9.41. The van der Waals surface area contributed by atoms with E-state index in [0.29, 0.717) is 5.89 Å². The van der Waals surface area contributed by atoms with Crippen LogP contribution in [0.15, 0.2) is 52.9 Å². The van der Waals surface area contributed by atoms with Gasteiger partial charge >= 0.3 is 0 Å². The zero-order chi connectivity index (χ0) is 10.1. The van der Waals surface area contributed by atoms with Gasteiger partial charge in [0.25, 0.3) is 0 Å². The fourth-order valence-electron chi connectivity index (χ4n) is 1.51. The number of para-hydroxylation sites is 2. The second kappa shape index (κ2) is 6.54. The Morgan fingerprint density at radius 2 is 1.76 bits per heavy atom. The number of benzene rings is 2. The summed E-state index contributed by atoms with van der Waals surface area (Å²) in [5.74, 6) is 0.622. The molecular formula is C13H8NOYZn-. The molecule has 1 heterocycles. The molecule has 77 valence electrons. The smallest absolute Gasteiger partial charge is 0.141 e. The summed E-state index contributed by atoms with van der Waals surface area (Å²) in [7, 11) is 0. The van der Waals surface area contributed by atoms with E-state index >= 15 is 0 Å². The third-order valence-electron chi connectivity index (χ3n) is 2.23. The molecule has 0 saturated carbocycles. The molecule has 0 fully saturated rings. The molecule has 2 aromatic carbocycles. The van der Waals surface area contributed by atoms with Crippen LogP contribution in [0.4, 0.5) is 0 Å². The van der Waals surface area contributed by atoms with Crippen LogP contribution in [0, 0.1) is 6.07 Å². The molecule has 0 amide bonds. The summed E-state index contributed by atoms with van der Waals surface area (Å²) in [4.78, 5) is 4.39. The second-order valence-electron chi connectivity index (χ2n) is 3.26. The van der Waals surface area contributed by atoms with E-state index in [4.69, 9.17) is 4.42 Å². The number of hydrogen-bond donors (Lipinski definition) is 0. The van der Waals surface area contributed by atoms with Gasteiger partial charge in [-0.2, -0.15) is 0 Å². The Morgan fingerprint density at radius 3 is 2.47 bits per heavy atom. The number of rotatable bonds is 1. The van der Waals surface area contributed by atoms with Crippen molar-refractivity contribution in [2.45, 2.75) is 0 Å². The van der Waals surface area contributed by atoms with Crippen molar-refractivity contribution in [2.24, 2.45) is 0 Å². The van der Waals surface area contributed by atoms with Crippen LogP contribution in [0.1, 0.15) is 0 Å². The first-order valence-corrected chi connectivity index (χ1v) is 4.76.